The second-order valence-electron chi connectivity index (χ2n) is 9.68. The van der Waals surface area contributed by atoms with Gasteiger partial charge in [0.2, 0.25) is 0 Å². The van der Waals surface area contributed by atoms with Crippen molar-refractivity contribution < 1.29 is 9.53 Å². The Morgan fingerprint density at radius 1 is 1.00 bits per heavy atom. The van der Waals surface area contributed by atoms with Crippen LogP contribution in [0.15, 0.2) is 12.1 Å². The first-order chi connectivity index (χ1) is 12.2. The smallest absolute Gasteiger partial charge is 0.339 e. The van der Waals surface area contributed by atoms with Crippen LogP contribution in [0, 0.1) is 21.5 Å². The molecule has 1 fully saturated rings. The van der Waals surface area contributed by atoms with Crippen molar-refractivity contribution in [2.24, 2.45) is 10.8 Å². The van der Waals surface area contributed by atoms with Crippen molar-refractivity contribution in [3.63, 3.8) is 0 Å². The van der Waals surface area contributed by atoms with E-state index in [0.717, 1.165) is 23.6 Å². The van der Waals surface area contributed by atoms with E-state index in [1.165, 1.54) is 0 Å². The molecule has 2 atom stereocenters. The molecule has 1 aromatic rings. The maximum Gasteiger partial charge on any atom is 0.339 e. The average molecular weight is 709 g/mol. The zero-order valence-electron chi connectivity index (χ0n) is 17.2. The normalized spacial score (nSPS) is 24.7. The van der Waals surface area contributed by atoms with Crippen LogP contribution < -0.4 is 0 Å². The largest absolute Gasteiger partial charge is 0.459 e. The maximum absolute atomic E-state index is 13.0. The molecule has 0 aromatic heterocycles. The maximum atomic E-state index is 13.0. The van der Waals surface area contributed by atoms with Crippen LogP contribution in [0.25, 0.3) is 0 Å². The molecule has 2 rings (SSSR count). The molecule has 1 aromatic carbocycles. The van der Waals surface area contributed by atoms with Crippen LogP contribution in [0.4, 0.5) is 0 Å². The summed E-state index contributed by atoms with van der Waals surface area (Å²) in [5.74, 6) is -0.189. The number of carbonyl (C=O) groups excluding carboxylic acids is 1. The van der Waals surface area contributed by atoms with E-state index in [4.69, 9.17) is 4.74 Å². The fraction of sp³-hybridized carbons (Fsp3) is 0.667. The summed E-state index contributed by atoms with van der Waals surface area (Å²) in [5, 5.41) is 0. The van der Waals surface area contributed by atoms with Crippen LogP contribution in [-0.4, -0.2) is 36.1 Å². The van der Waals surface area contributed by atoms with Crippen molar-refractivity contribution in [3.05, 3.63) is 28.4 Å². The van der Waals surface area contributed by atoms with Crippen molar-refractivity contribution in [3.8, 4) is 0 Å². The van der Waals surface area contributed by atoms with Gasteiger partial charge in [0.1, 0.15) is 6.10 Å². The lowest BCUT2D eigenvalue weighted by Gasteiger charge is -2.52. The summed E-state index contributed by atoms with van der Waals surface area (Å²) >= 11 is 6.79. The summed E-state index contributed by atoms with van der Waals surface area (Å²) in [6, 6.07) is 4.77. The molecule has 6 heteroatoms. The van der Waals surface area contributed by atoms with Gasteiger partial charge in [-0.15, -0.1) is 0 Å². The van der Waals surface area contributed by atoms with Gasteiger partial charge in [-0.2, -0.15) is 0 Å². The summed E-state index contributed by atoms with van der Waals surface area (Å²) in [5.41, 5.74) is 0.954. The summed E-state index contributed by atoms with van der Waals surface area (Å²) in [6.07, 6.45) is 1.72. The standard InChI is InChI=1S/C21H30I3NO2/c1-20(2,3)16-10-13(11-17(25(16)7)21(4,5)6)27-19(26)14-8-12(22)9-15(23)18(14)24/h8-9,13,16-17H,10-11H2,1-7H3. The minimum Gasteiger partial charge on any atom is -0.459 e. The highest BCUT2D eigenvalue weighted by Gasteiger charge is 2.44. The SMILES string of the molecule is CN1C(C(C)(C)C)CC(OC(=O)c2cc(I)cc(I)c2I)CC1C(C)(C)C. The lowest BCUT2D eigenvalue weighted by Crippen LogP contribution is -2.58. The zero-order valence-corrected chi connectivity index (χ0v) is 23.7. The van der Waals surface area contributed by atoms with E-state index in [9.17, 15) is 4.79 Å². The third kappa shape index (κ3) is 5.93. The lowest BCUT2D eigenvalue weighted by molar-refractivity contribution is -0.0674. The number of halogens is 3. The van der Waals surface area contributed by atoms with Crippen molar-refractivity contribution in [2.75, 3.05) is 7.05 Å². The predicted octanol–water partition coefficient (Wildman–Crippen LogP) is 6.58. The zero-order chi connectivity index (χ0) is 20.7. The Kier molecular flexibility index (Phi) is 7.96. The van der Waals surface area contributed by atoms with Gasteiger partial charge in [-0.25, -0.2) is 4.79 Å². The summed E-state index contributed by atoms with van der Waals surface area (Å²) in [7, 11) is 2.23. The van der Waals surface area contributed by atoms with Gasteiger partial charge >= 0.3 is 5.97 Å². The lowest BCUT2D eigenvalue weighted by atomic mass is 9.72. The predicted molar refractivity (Wildman–Crippen MR) is 137 cm³/mol. The minimum atomic E-state index is -0.189. The Labute approximate surface area is 205 Å². The molecular formula is C21H30I3NO2. The van der Waals surface area contributed by atoms with Gasteiger partial charge in [-0.1, -0.05) is 41.5 Å². The highest BCUT2D eigenvalue weighted by Crippen LogP contribution is 2.40. The molecule has 0 radical (unpaired) electrons. The topological polar surface area (TPSA) is 29.5 Å². The van der Waals surface area contributed by atoms with Crippen LogP contribution in [0.3, 0.4) is 0 Å². The summed E-state index contributed by atoms with van der Waals surface area (Å²) < 4.78 is 9.22. The van der Waals surface area contributed by atoms with Crippen molar-refractivity contribution in [1.29, 1.82) is 0 Å². The van der Waals surface area contributed by atoms with Crippen molar-refractivity contribution >= 4 is 73.7 Å². The van der Waals surface area contributed by atoms with Gasteiger partial charge in [-0.3, -0.25) is 4.90 Å². The van der Waals surface area contributed by atoms with Gasteiger partial charge in [0.05, 0.1) is 5.56 Å². The first kappa shape index (κ1) is 24.1. The molecule has 1 saturated heterocycles. The number of carbonyl (C=O) groups is 1. The first-order valence-electron chi connectivity index (χ1n) is 9.29. The summed E-state index contributed by atoms with van der Waals surface area (Å²) in [4.78, 5) is 15.5. The second-order valence-corrected chi connectivity index (χ2v) is 13.2. The molecule has 0 bridgehead atoms. The number of benzene rings is 1. The highest BCUT2D eigenvalue weighted by molar-refractivity contribution is 14.1. The molecule has 152 valence electrons. The number of ether oxygens (including phenoxy) is 1. The molecule has 3 nitrogen and oxygen atoms in total. The Morgan fingerprint density at radius 2 is 1.48 bits per heavy atom. The molecule has 0 aliphatic carbocycles. The van der Waals surface area contributed by atoms with Gasteiger partial charge in [0.25, 0.3) is 0 Å². The van der Waals surface area contributed by atoms with Gasteiger partial charge < -0.3 is 4.74 Å². The van der Waals surface area contributed by atoms with E-state index < -0.39 is 0 Å². The quantitative estimate of drug-likeness (QED) is 0.198. The number of likely N-dealkylation sites (tertiary alicyclic amines) is 1. The van der Waals surface area contributed by atoms with Crippen molar-refractivity contribution in [2.45, 2.75) is 72.6 Å². The van der Waals surface area contributed by atoms with Crippen LogP contribution in [-0.2, 0) is 4.74 Å². The van der Waals surface area contributed by atoms with E-state index >= 15 is 0 Å². The molecular weight excluding hydrogens is 679 g/mol. The van der Waals surface area contributed by atoms with Crippen LogP contribution in [0.5, 0.6) is 0 Å². The molecule has 0 saturated carbocycles. The number of esters is 1. The Morgan fingerprint density at radius 3 is 1.93 bits per heavy atom. The van der Waals surface area contributed by atoms with E-state index in [2.05, 4.69) is 127 Å². The Hall–Kier alpha value is 0.840. The highest BCUT2D eigenvalue weighted by atomic mass is 127. The second kappa shape index (κ2) is 8.91. The number of hydrogen-bond acceptors (Lipinski definition) is 3. The third-order valence-electron chi connectivity index (χ3n) is 5.44. The number of piperidine rings is 1. The molecule has 2 unspecified atom stereocenters. The van der Waals surface area contributed by atoms with Gasteiger partial charge in [-0.05, 0) is 97.8 Å². The molecule has 1 heterocycles. The fourth-order valence-corrected chi connectivity index (χ4v) is 6.46. The molecule has 0 spiro atoms. The van der Waals surface area contributed by atoms with Crippen LogP contribution in [0.1, 0.15) is 64.7 Å². The molecule has 1 aliphatic rings. The average Bonchev–Trinajstić information content (AvgIpc) is 2.50. The summed E-state index contributed by atoms with van der Waals surface area (Å²) in [6.45, 7) is 13.7. The first-order valence-corrected chi connectivity index (χ1v) is 12.5. The van der Waals surface area contributed by atoms with Crippen LogP contribution >= 0.6 is 67.8 Å². The molecule has 1 aliphatic heterocycles. The van der Waals surface area contributed by atoms with E-state index in [1.807, 2.05) is 6.07 Å². The van der Waals surface area contributed by atoms with E-state index in [-0.39, 0.29) is 22.9 Å². The Bertz CT molecular complexity index is 683. The monoisotopic (exact) mass is 709 g/mol. The number of nitrogens with zero attached hydrogens (tertiary/aromatic N) is 1. The Balaban J connectivity index is 2.28. The third-order valence-corrected chi connectivity index (χ3v) is 9.11. The van der Waals surface area contributed by atoms with Crippen LogP contribution in [0.2, 0.25) is 0 Å². The van der Waals surface area contributed by atoms with E-state index in [1.54, 1.807) is 0 Å². The number of rotatable bonds is 2. The van der Waals surface area contributed by atoms with E-state index in [0.29, 0.717) is 17.6 Å². The molecule has 0 N–H and O–H groups in total. The molecule has 0 amide bonds. The van der Waals surface area contributed by atoms with Crippen molar-refractivity contribution in [1.82, 2.24) is 4.90 Å². The van der Waals surface area contributed by atoms with Gasteiger partial charge in [0, 0.05) is 35.6 Å². The van der Waals surface area contributed by atoms with Gasteiger partial charge in [0.15, 0.2) is 0 Å². The molecule has 27 heavy (non-hydrogen) atoms. The number of hydrogen-bond donors (Lipinski definition) is 0. The fourth-order valence-electron chi connectivity index (χ4n) is 4.09. The minimum absolute atomic E-state index is 0.0477.